The Morgan fingerprint density at radius 1 is 0.947 bits per heavy atom. The average Bonchev–Trinajstić information content (AvgIpc) is 3.53. The van der Waals surface area contributed by atoms with Crippen molar-refractivity contribution < 1.29 is 9.47 Å². The lowest BCUT2D eigenvalue weighted by molar-refractivity contribution is 0.192. The van der Waals surface area contributed by atoms with Crippen molar-refractivity contribution in [3.63, 3.8) is 0 Å². The number of ether oxygens (including phenoxy) is 2. The molecule has 2 unspecified atom stereocenters. The van der Waals surface area contributed by atoms with E-state index in [1.807, 2.05) is 0 Å². The number of allylic oxidation sites excluding steroid dienone is 1. The predicted octanol–water partition coefficient (Wildman–Crippen LogP) is 8.35. The van der Waals surface area contributed by atoms with Gasteiger partial charge in [-0.1, -0.05) is 71.9 Å². The zero-order valence-corrected chi connectivity index (χ0v) is 25.5. The fourth-order valence-electron chi connectivity index (χ4n) is 6.07. The van der Waals surface area contributed by atoms with Gasteiger partial charge in [0.05, 0.1) is 6.61 Å². The highest BCUT2D eigenvalue weighted by molar-refractivity contribution is 5.41. The fraction of sp³-hybridized carbons (Fsp3) is 0.765. The maximum atomic E-state index is 5.75. The zero-order valence-electron chi connectivity index (χ0n) is 25.5. The van der Waals surface area contributed by atoms with Crippen LogP contribution in [0.1, 0.15) is 122 Å². The second-order valence-corrected chi connectivity index (χ2v) is 11.7. The molecule has 0 N–H and O–H groups in total. The van der Waals surface area contributed by atoms with E-state index in [0.717, 1.165) is 31.4 Å². The molecular formula is C34H58N2O2. The summed E-state index contributed by atoms with van der Waals surface area (Å²) in [6, 6.07) is 7.75. The summed E-state index contributed by atoms with van der Waals surface area (Å²) in [5, 5.41) is 0. The lowest BCUT2D eigenvalue weighted by Gasteiger charge is -2.33. The first-order valence-corrected chi connectivity index (χ1v) is 16.1. The van der Waals surface area contributed by atoms with Gasteiger partial charge in [0.25, 0.3) is 0 Å². The highest BCUT2D eigenvalue weighted by atomic mass is 16.5. The van der Waals surface area contributed by atoms with Crippen LogP contribution < -0.4 is 4.74 Å². The molecule has 4 nitrogen and oxygen atoms in total. The molecule has 38 heavy (non-hydrogen) atoms. The van der Waals surface area contributed by atoms with Crippen molar-refractivity contribution in [2.24, 2.45) is 0 Å². The Hall–Kier alpha value is -1.52. The van der Waals surface area contributed by atoms with Gasteiger partial charge in [-0.15, -0.1) is 0 Å². The smallest absolute Gasteiger partial charge is 0.122 e. The van der Waals surface area contributed by atoms with Gasteiger partial charge in [-0.2, -0.15) is 0 Å². The molecule has 0 amide bonds. The average molecular weight is 527 g/mol. The standard InChI is InChI=1S/C28H44N2O.C6H14O/c1-4-7-15-29(16-8-5-2)27(22-10-11-22)21-30-20-25(19-26(30)9-6-3)23-12-13-28-24(18-23)14-17-31-28;1-3-4-5-6-7-2/h12-13,18,25-26H,4-11,14-17,19-21H2,1-3H3;3-6H2,1-2H3. The van der Waals surface area contributed by atoms with Crippen molar-refractivity contribution in [3.05, 3.63) is 40.6 Å². The number of unbranched alkanes of at least 4 members (excludes halogenated alkanes) is 4. The SMILES string of the molecule is CCCCCOC.CCCCN(CCCC)C(CN1CC(c2ccc3c(c2)CCO3)CC1CCC)=C1CC1. The summed E-state index contributed by atoms with van der Waals surface area (Å²) in [7, 11) is 1.75. The van der Waals surface area contributed by atoms with Gasteiger partial charge in [0.2, 0.25) is 0 Å². The molecule has 1 saturated carbocycles. The third-order valence-electron chi connectivity index (χ3n) is 8.49. The number of hydrogen-bond acceptors (Lipinski definition) is 4. The summed E-state index contributed by atoms with van der Waals surface area (Å²) >= 11 is 0. The van der Waals surface area contributed by atoms with Crippen LogP contribution in [0.25, 0.3) is 0 Å². The normalized spacial score (nSPS) is 20.1. The van der Waals surface area contributed by atoms with E-state index in [-0.39, 0.29) is 0 Å². The van der Waals surface area contributed by atoms with E-state index in [2.05, 4.69) is 55.7 Å². The van der Waals surface area contributed by atoms with Crippen LogP contribution in [-0.2, 0) is 11.2 Å². The summed E-state index contributed by atoms with van der Waals surface area (Å²) in [5.74, 6) is 1.79. The van der Waals surface area contributed by atoms with Gasteiger partial charge in [0, 0.05) is 58.1 Å². The van der Waals surface area contributed by atoms with Crippen molar-refractivity contribution in [1.29, 1.82) is 0 Å². The number of methoxy groups -OCH3 is 1. The highest BCUT2D eigenvalue weighted by Crippen LogP contribution is 2.39. The van der Waals surface area contributed by atoms with Gasteiger partial charge in [-0.05, 0) is 73.6 Å². The fourth-order valence-corrected chi connectivity index (χ4v) is 6.07. The van der Waals surface area contributed by atoms with Gasteiger partial charge in [-0.3, -0.25) is 4.90 Å². The largest absolute Gasteiger partial charge is 0.493 e. The van der Waals surface area contributed by atoms with Gasteiger partial charge in [0.1, 0.15) is 5.75 Å². The molecule has 0 aromatic heterocycles. The van der Waals surface area contributed by atoms with Crippen LogP contribution in [0.5, 0.6) is 5.75 Å². The summed E-state index contributed by atoms with van der Waals surface area (Å²) in [5.41, 5.74) is 6.42. The van der Waals surface area contributed by atoms with Crippen molar-refractivity contribution in [2.45, 2.75) is 123 Å². The molecule has 1 saturated heterocycles. The molecule has 3 aliphatic rings. The van der Waals surface area contributed by atoms with Crippen LogP contribution in [0.3, 0.4) is 0 Å². The van der Waals surface area contributed by atoms with Crippen molar-refractivity contribution in [2.75, 3.05) is 46.5 Å². The first kappa shape index (κ1) is 31.0. The zero-order chi connectivity index (χ0) is 27.2. The topological polar surface area (TPSA) is 24.9 Å². The Kier molecular flexibility index (Phi) is 14.1. The number of hydrogen-bond donors (Lipinski definition) is 0. The molecule has 1 aromatic carbocycles. The maximum absolute atomic E-state index is 5.75. The molecule has 4 rings (SSSR count). The summed E-state index contributed by atoms with van der Waals surface area (Å²) in [6.45, 7) is 15.9. The van der Waals surface area contributed by atoms with Crippen molar-refractivity contribution in [1.82, 2.24) is 9.80 Å². The van der Waals surface area contributed by atoms with E-state index in [1.54, 1.807) is 23.9 Å². The van der Waals surface area contributed by atoms with E-state index in [4.69, 9.17) is 9.47 Å². The number of benzene rings is 1. The number of rotatable bonds is 16. The third kappa shape index (κ3) is 9.59. The Morgan fingerprint density at radius 3 is 2.32 bits per heavy atom. The monoisotopic (exact) mass is 526 g/mol. The molecule has 2 fully saturated rings. The number of likely N-dealkylation sites (tertiary alicyclic amines) is 1. The van der Waals surface area contributed by atoms with Gasteiger partial charge in [0.15, 0.2) is 0 Å². The minimum Gasteiger partial charge on any atom is -0.493 e. The Balaban J connectivity index is 0.000000505. The molecule has 216 valence electrons. The van der Waals surface area contributed by atoms with Crippen LogP contribution in [0.2, 0.25) is 0 Å². The third-order valence-corrected chi connectivity index (χ3v) is 8.49. The van der Waals surface area contributed by atoms with Crippen LogP contribution in [0.15, 0.2) is 29.5 Å². The first-order valence-electron chi connectivity index (χ1n) is 16.1. The molecule has 2 atom stereocenters. The second-order valence-electron chi connectivity index (χ2n) is 11.7. The van der Waals surface area contributed by atoms with E-state index >= 15 is 0 Å². The van der Waals surface area contributed by atoms with E-state index in [9.17, 15) is 0 Å². The van der Waals surface area contributed by atoms with Crippen LogP contribution in [0, 0.1) is 0 Å². The van der Waals surface area contributed by atoms with Gasteiger partial charge in [-0.25, -0.2) is 0 Å². The lowest BCUT2D eigenvalue weighted by Crippen LogP contribution is -2.37. The molecule has 2 aliphatic heterocycles. The Morgan fingerprint density at radius 2 is 1.68 bits per heavy atom. The second kappa shape index (κ2) is 17.2. The summed E-state index contributed by atoms with van der Waals surface area (Å²) < 4.78 is 10.6. The minimum atomic E-state index is 0.674. The quantitative estimate of drug-likeness (QED) is 0.202. The molecule has 0 radical (unpaired) electrons. The van der Waals surface area contributed by atoms with E-state index in [0.29, 0.717) is 5.92 Å². The predicted molar refractivity (Wildman–Crippen MR) is 162 cm³/mol. The van der Waals surface area contributed by atoms with Gasteiger partial charge >= 0.3 is 0 Å². The summed E-state index contributed by atoms with van der Waals surface area (Å²) in [6.07, 6.45) is 16.7. The lowest BCUT2D eigenvalue weighted by atomic mass is 9.93. The van der Waals surface area contributed by atoms with Crippen LogP contribution in [0.4, 0.5) is 0 Å². The van der Waals surface area contributed by atoms with Crippen molar-refractivity contribution >= 4 is 0 Å². The van der Waals surface area contributed by atoms with E-state index < -0.39 is 0 Å². The number of fused-ring (bicyclic) bond motifs is 1. The maximum Gasteiger partial charge on any atom is 0.122 e. The number of nitrogens with zero attached hydrogens (tertiary/aromatic N) is 2. The van der Waals surface area contributed by atoms with Gasteiger partial charge < -0.3 is 14.4 Å². The molecule has 4 heteroatoms. The minimum absolute atomic E-state index is 0.674. The Labute approximate surface area is 235 Å². The molecule has 2 heterocycles. The first-order chi connectivity index (χ1) is 18.6. The molecule has 0 spiro atoms. The summed E-state index contributed by atoms with van der Waals surface area (Å²) in [4.78, 5) is 5.63. The highest BCUT2D eigenvalue weighted by Gasteiger charge is 2.35. The van der Waals surface area contributed by atoms with Crippen LogP contribution in [-0.4, -0.2) is 62.3 Å². The molecule has 0 bridgehead atoms. The molecule has 1 aliphatic carbocycles. The van der Waals surface area contributed by atoms with Crippen LogP contribution >= 0.6 is 0 Å². The molecular weight excluding hydrogens is 468 g/mol. The van der Waals surface area contributed by atoms with E-state index in [1.165, 1.54) is 109 Å². The van der Waals surface area contributed by atoms with Crippen molar-refractivity contribution in [3.8, 4) is 5.75 Å². The Bertz CT molecular complexity index is 818. The molecule has 1 aromatic rings.